The third-order valence-corrected chi connectivity index (χ3v) is 4.14. The first kappa shape index (κ1) is 14.3. The molecule has 2 N–H and O–H groups in total. The van der Waals surface area contributed by atoms with Crippen LogP contribution in [0.25, 0.3) is 0 Å². The van der Waals surface area contributed by atoms with Crippen molar-refractivity contribution in [2.75, 3.05) is 19.4 Å². The molecule has 6 heteroatoms. The molecule has 1 fully saturated rings. The van der Waals surface area contributed by atoms with Crippen LogP contribution < -0.4 is 5.32 Å². The monoisotopic (exact) mass is 282 g/mol. The van der Waals surface area contributed by atoms with Gasteiger partial charge in [-0.05, 0) is 25.3 Å². The number of amides is 1. The molecule has 1 aliphatic rings. The molecule has 5 nitrogen and oxygen atoms in total. The molecule has 1 aromatic rings. The predicted octanol–water partition coefficient (Wildman–Crippen LogP) is 1.07. The van der Waals surface area contributed by atoms with E-state index in [0.29, 0.717) is 23.6 Å². The van der Waals surface area contributed by atoms with Gasteiger partial charge in [0.15, 0.2) is 0 Å². The number of rotatable bonds is 4. The lowest BCUT2D eigenvalue weighted by atomic mass is 9.96. The lowest BCUT2D eigenvalue weighted by molar-refractivity contribution is -0.0251. The fourth-order valence-corrected chi connectivity index (χ4v) is 2.60. The minimum atomic E-state index is -0.975. The molecule has 0 bridgehead atoms. The molecule has 104 valence electrons. The quantitative estimate of drug-likeness (QED) is 0.808. The van der Waals surface area contributed by atoms with Crippen molar-refractivity contribution in [2.45, 2.75) is 30.1 Å². The van der Waals surface area contributed by atoms with Gasteiger partial charge in [-0.1, -0.05) is 0 Å². The summed E-state index contributed by atoms with van der Waals surface area (Å²) in [7, 11) is 0. The molecule has 1 aromatic heterocycles. The summed E-state index contributed by atoms with van der Waals surface area (Å²) in [6, 6.07) is 3.46. The van der Waals surface area contributed by atoms with Crippen LogP contribution in [0.15, 0.2) is 23.4 Å². The smallest absolute Gasteiger partial charge is 0.254 e. The van der Waals surface area contributed by atoms with Gasteiger partial charge in [-0.25, -0.2) is 4.98 Å². The minimum absolute atomic E-state index is 0.190. The first-order chi connectivity index (χ1) is 9.07. The number of ether oxygens (including phenoxy) is 1. The van der Waals surface area contributed by atoms with E-state index >= 15 is 0 Å². The van der Waals surface area contributed by atoms with E-state index in [1.807, 2.05) is 13.2 Å². The lowest BCUT2D eigenvalue weighted by Crippen LogP contribution is -2.47. The van der Waals surface area contributed by atoms with Crippen LogP contribution in [0, 0.1) is 0 Å². The second-order valence-electron chi connectivity index (χ2n) is 4.61. The van der Waals surface area contributed by atoms with Crippen LogP contribution in [0.1, 0.15) is 23.7 Å². The maximum Gasteiger partial charge on any atom is 0.254 e. The zero-order valence-electron chi connectivity index (χ0n) is 11.0. The van der Waals surface area contributed by atoms with Crippen LogP contribution in [0.2, 0.25) is 0 Å². The first-order valence-corrected chi connectivity index (χ1v) is 7.40. The lowest BCUT2D eigenvalue weighted by Gasteiger charge is -2.26. The van der Waals surface area contributed by atoms with Crippen LogP contribution in [0.4, 0.5) is 0 Å². The Hall–Kier alpha value is -1.11. The molecule has 0 spiro atoms. The van der Waals surface area contributed by atoms with Gasteiger partial charge in [-0.2, -0.15) is 0 Å². The van der Waals surface area contributed by atoms with Crippen molar-refractivity contribution in [1.82, 2.24) is 10.3 Å². The molecule has 0 radical (unpaired) electrons. The normalized spacial score (nSPS) is 26.4. The number of hydrogen-bond donors (Lipinski definition) is 2. The van der Waals surface area contributed by atoms with E-state index in [-0.39, 0.29) is 18.6 Å². The number of aliphatic hydroxyl groups is 1. The van der Waals surface area contributed by atoms with Crippen molar-refractivity contribution in [2.24, 2.45) is 0 Å². The molecule has 2 atom stereocenters. The Morgan fingerprint density at radius 1 is 1.74 bits per heavy atom. The van der Waals surface area contributed by atoms with Gasteiger partial charge >= 0.3 is 0 Å². The Morgan fingerprint density at radius 2 is 2.53 bits per heavy atom. The maximum absolute atomic E-state index is 12.1. The van der Waals surface area contributed by atoms with E-state index in [1.165, 1.54) is 11.8 Å². The van der Waals surface area contributed by atoms with Crippen molar-refractivity contribution in [3.63, 3.8) is 0 Å². The minimum Gasteiger partial charge on any atom is -0.385 e. The Labute approximate surface area is 116 Å². The molecule has 2 rings (SSSR count). The van der Waals surface area contributed by atoms with Crippen molar-refractivity contribution < 1.29 is 14.6 Å². The highest BCUT2D eigenvalue weighted by Crippen LogP contribution is 2.25. The SMILES string of the molecule is CSc1ncccc1C(=O)NCC1(O)CCOC1C. The van der Waals surface area contributed by atoms with Crippen LogP contribution >= 0.6 is 11.8 Å². The Morgan fingerprint density at radius 3 is 3.16 bits per heavy atom. The Bertz CT molecular complexity index is 469. The van der Waals surface area contributed by atoms with Crippen molar-refractivity contribution >= 4 is 17.7 Å². The largest absolute Gasteiger partial charge is 0.385 e. The van der Waals surface area contributed by atoms with Crippen LogP contribution in [0.5, 0.6) is 0 Å². The number of hydrogen-bond acceptors (Lipinski definition) is 5. The van der Waals surface area contributed by atoms with E-state index in [4.69, 9.17) is 4.74 Å². The highest BCUT2D eigenvalue weighted by atomic mass is 32.2. The number of carbonyl (C=O) groups excluding carboxylic acids is 1. The van der Waals surface area contributed by atoms with Gasteiger partial charge in [-0.15, -0.1) is 11.8 Å². The van der Waals surface area contributed by atoms with E-state index in [1.54, 1.807) is 18.3 Å². The summed E-state index contributed by atoms with van der Waals surface area (Å²) in [5.41, 5.74) is -0.442. The topological polar surface area (TPSA) is 71.5 Å². The van der Waals surface area contributed by atoms with Gasteiger partial charge in [0.05, 0.1) is 11.7 Å². The summed E-state index contributed by atoms with van der Waals surface area (Å²) >= 11 is 1.42. The summed E-state index contributed by atoms with van der Waals surface area (Å²) in [6.45, 7) is 2.53. The highest BCUT2D eigenvalue weighted by molar-refractivity contribution is 7.98. The second-order valence-corrected chi connectivity index (χ2v) is 5.40. The average molecular weight is 282 g/mol. The van der Waals surface area contributed by atoms with E-state index in [9.17, 15) is 9.90 Å². The molecular weight excluding hydrogens is 264 g/mol. The number of carbonyl (C=O) groups is 1. The Kier molecular flexibility index (Phi) is 4.44. The zero-order chi connectivity index (χ0) is 13.9. The highest BCUT2D eigenvalue weighted by Gasteiger charge is 2.39. The van der Waals surface area contributed by atoms with E-state index < -0.39 is 5.60 Å². The van der Waals surface area contributed by atoms with Gasteiger partial charge in [0.25, 0.3) is 5.91 Å². The fraction of sp³-hybridized carbons (Fsp3) is 0.538. The van der Waals surface area contributed by atoms with Gasteiger partial charge < -0.3 is 15.2 Å². The van der Waals surface area contributed by atoms with Crippen molar-refractivity contribution in [3.05, 3.63) is 23.9 Å². The van der Waals surface area contributed by atoms with Crippen molar-refractivity contribution in [3.8, 4) is 0 Å². The van der Waals surface area contributed by atoms with Gasteiger partial charge in [0, 0.05) is 25.8 Å². The van der Waals surface area contributed by atoms with Crippen molar-refractivity contribution in [1.29, 1.82) is 0 Å². The number of nitrogens with one attached hydrogen (secondary N) is 1. The molecule has 2 heterocycles. The fourth-order valence-electron chi connectivity index (χ4n) is 2.06. The van der Waals surface area contributed by atoms with Gasteiger partial charge in [0.1, 0.15) is 10.6 Å². The van der Waals surface area contributed by atoms with E-state index in [0.717, 1.165) is 0 Å². The molecule has 0 aromatic carbocycles. The third kappa shape index (κ3) is 3.08. The standard InChI is InChI=1S/C13H18N2O3S/c1-9-13(17,5-7-18-9)8-15-11(16)10-4-3-6-14-12(10)19-2/h3-4,6,9,17H,5,7-8H2,1-2H3,(H,15,16). The molecule has 1 aliphatic heterocycles. The zero-order valence-corrected chi connectivity index (χ0v) is 11.9. The van der Waals surface area contributed by atoms with E-state index in [2.05, 4.69) is 10.3 Å². The molecule has 1 saturated heterocycles. The summed E-state index contributed by atoms with van der Waals surface area (Å²) in [6.07, 6.45) is 3.81. The number of aromatic nitrogens is 1. The molecule has 0 aliphatic carbocycles. The summed E-state index contributed by atoms with van der Waals surface area (Å²) < 4.78 is 5.33. The molecule has 1 amide bonds. The summed E-state index contributed by atoms with van der Waals surface area (Å²) in [5.74, 6) is -0.218. The predicted molar refractivity (Wildman–Crippen MR) is 73.3 cm³/mol. The molecule has 2 unspecified atom stereocenters. The number of thioether (sulfide) groups is 1. The average Bonchev–Trinajstić information content (AvgIpc) is 2.76. The van der Waals surface area contributed by atoms with Gasteiger partial charge in [-0.3, -0.25) is 4.79 Å². The maximum atomic E-state index is 12.1. The van der Waals surface area contributed by atoms with Crippen LogP contribution in [-0.4, -0.2) is 47.1 Å². The summed E-state index contributed by atoms with van der Waals surface area (Å²) in [4.78, 5) is 16.3. The third-order valence-electron chi connectivity index (χ3n) is 3.42. The van der Waals surface area contributed by atoms with Crippen LogP contribution in [-0.2, 0) is 4.74 Å². The van der Waals surface area contributed by atoms with Gasteiger partial charge in [0.2, 0.25) is 0 Å². The first-order valence-electron chi connectivity index (χ1n) is 6.18. The molecule has 0 saturated carbocycles. The number of nitrogens with zero attached hydrogens (tertiary/aromatic N) is 1. The summed E-state index contributed by atoms with van der Waals surface area (Å²) in [5, 5.41) is 13.8. The molecule has 19 heavy (non-hydrogen) atoms. The van der Waals surface area contributed by atoms with Crippen LogP contribution in [0.3, 0.4) is 0 Å². The Balaban J connectivity index is 2.02. The molecular formula is C13H18N2O3S. The second kappa shape index (κ2) is 5.90. The number of pyridine rings is 1.